The number of hydrogen-bond donors (Lipinski definition) is 1. The maximum absolute atomic E-state index is 11.1. The molecule has 0 aliphatic heterocycles. The van der Waals surface area contributed by atoms with Crippen LogP contribution in [0.1, 0.15) is 29.3 Å². The van der Waals surface area contributed by atoms with Gasteiger partial charge in [-0.1, -0.05) is 12.1 Å². The molecule has 0 atom stereocenters. The zero-order valence-corrected chi connectivity index (χ0v) is 9.43. The second kappa shape index (κ2) is 5.79. The Balaban J connectivity index is 2.50. The lowest BCUT2D eigenvalue weighted by molar-refractivity contribution is -0.146. The Labute approximate surface area is 98.6 Å². The average molecular weight is 235 g/mol. The molecular formula is C12H13NO4. The van der Waals surface area contributed by atoms with Crippen molar-refractivity contribution in [2.45, 2.75) is 20.0 Å². The Morgan fingerprint density at radius 3 is 2.24 bits per heavy atom. The standard InChI is InChI=1S/C12H13NO4/c1-8(14)6-11(15)17-7-9-2-4-10(5-3-9)12(13)16/h2-5H,6-7H2,1H3,(H2,13,16). The third kappa shape index (κ3) is 4.46. The van der Waals surface area contributed by atoms with Crippen molar-refractivity contribution in [3.8, 4) is 0 Å². The summed E-state index contributed by atoms with van der Waals surface area (Å²) in [5.41, 5.74) is 6.20. The van der Waals surface area contributed by atoms with Gasteiger partial charge in [0.25, 0.3) is 0 Å². The minimum Gasteiger partial charge on any atom is -0.460 e. The van der Waals surface area contributed by atoms with Crippen LogP contribution >= 0.6 is 0 Å². The van der Waals surface area contributed by atoms with Crippen LogP contribution < -0.4 is 5.73 Å². The van der Waals surface area contributed by atoms with Crippen molar-refractivity contribution in [3.05, 3.63) is 35.4 Å². The van der Waals surface area contributed by atoms with E-state index in [4.69, 9.17) is 10.5 Å². The quantitative estimate of drug-likeness (QED) is 0.604. The largest absolute Gasteiger partial charge is 0.460 e. The number of carbonyl (C=O) groups is 3. The monoisotopic (exact) mass is 235 g/mol. The molecule has 1 aromatic carbocycles. The first-order valence-corrected chi connectivity index (χ1v) is 5.03. The molecule has 5 nitrogen and oxygen atoms in total. The van der Waals surface area contributed by atoms with E-state index in [1.54, 1.807) is 24.3 Å². The summed E-state index contributed by atoms with van der Waals surface area (Å²) in [6, 6.07) is 6.38. The lowest BCUT2D eigenvalue weighted by atomic mass is 10.1. The van der Waals surface area contributed by atoms with E-state index in [0.29, 0.717) is 5.56 Å². The Morgan fingerprint density at radius 2 is 1.76 bits per heavy atom. The van der Waals surface area contributed by atoms with Gasteiger partial charge in [-0.2, -0.15) is 0 Å². The van der Waals surface area contributed by atoms with Crippen molar-refractivity contribution in [1.82, 2.24) is 0 Å². The summed E-state index contributed by atoms with van der Waals surface area (Å²) >= 11 is 0. The second-order valence-corrected chi connectivity index (χ2v) is 3.60. The van der Waals surface area contributed by atoms with Crippen LogP contribution in [0, 0.1) is 0 Å². The molecule has 1 rings (SSSR count). The molecule has 1 amide bonds. The molecule has 0 spiro atoms. The summed E-state index contributed by atoms with van der Waals surface area (Å²) in [6.07, 6.45) is -0.223. The Bertz CT molecular complexity index is 436. The number of rotatable bonds is 5. The molecule has 0 heterocycles. The molecule has 0 saturated carbocycles. The molecular weight excluding hydrogens is 222 g/mol. The summed E-state index contributed by atoms with van der Waals surface area (Å²) in [5, 5.41) is 0. The van der Waals surface area contributed by atoms with E-state index < -0.39 is 11.9 Å². The van der Waals surface area contributed by atoms with Crippen LogP contribution in [-0.2, 0) is 20.9 Å². The maximum atomic E-state index is 11.1. The van der Waals surface area contributed by atoms with E-state index >= 15 is 0 Å². The van der Waals surface area contributed by atoms with E-state index in [9.17, 15) is 14.4 Å². The summed E-state index contributed by atoms with van der Waals surface area (Å²) in [7, 11) is 0. The molecule has 0 unspecified atom stereocenters. The van der Waals surface area contributed by atoms with Crippen LogP contribution in [0.15, 0.2) is 24.3 Å². The van der Waals surface area contributed by atoms with Gasteiger partial charge in [-0.15, -0.1) is 0 Å². The number of carbonyl (C=O) groups excluding carboxylic acids is 3. The molecule has 0 aliphatic rings. The van der Waals surface area contributed by atoms with Gasteiger partial charge < -0.3 is 10.5 Å². The Morgan fingerprint density at radius 1 is 1.18 bits per heavy atom. The third-order valence-electron chi connectivity index (χ3n) is 2.03. The fraction of sp³-hybridized carbons (Fsp3) is 0.250. The minimum absolute atomic E-state index is 0.0746. The Hall–Kier alpha value is -2.17. The highest BCUT2D eigenvalue weighted by Gasteiger charge is 2.06. The molecule has 0 saturated heterocycles. The highest BCUT2D eigenvalue weighted by molar-refractivity contribution is 5.94. The van der Waals surface area contributed by atoms with Gasteiger partial charge in [0.15, 0.2) is 0 Å². The van der Waals surface area contributed by atoms with Crippen molar-refractivity contribution in [1.29, 1.82) is 0 Å². The topological polar surface area (TPSA) is 86.5 Å². The SMILES string of the molecule is CC(=O)CC(=O)OCc1ccc(C(N)=O)cc1. The fourth-order valence-corrected chi connectivity index (χ4v) is 1.18. The highest BCUT2D eigenvalue weighted by atomic mass is 16.5. The van der Waals surface area contributed by atoms with Crippen LogP contribution in [0.25, 0.3) is 0 Å². The van der Waals surface area contributed by atoms with E-state index in [-0.39, 0.29) is 18.8 Å². The molecule has 0 bridgehead atoms. The highest BCUT2D eigenvalue weighted by Crippen LogP contribution is 2.06. The Kier molecular flexibility index (Phi) is 4.39. The maximum Gasteiger partial charge on any atom is 0.313 e. The summed E-state index contributed by atoms with van der Waals surface area (Å²) < 4.78 is 4.86. The lowest BCUT2D eigenvalue weighted by Gasteiger charge is -2.04. The van der Waals surface area contributed by atoms with Gasteiger partial charge in [0.2, 0.25) is 5.91 Å². The van der Waals surface area contributed by atoms with E-state index in [2.05, 4.69) is 0 Å². The molecule has 17 heavy (non-hydrogen) atoms. The number of primary amides is 1. The van der Waals surface area contributed by atoms with Gasteiger partial charge in [0, 0.05) is 5.56 Å². The van der Waals surface area contributed by atoms with Crippen molar-refractivity contribution in [2.24, 2.45) is 5.73 Å². The summed E-state index contributed by atoms with van der Waals surface area (Å²) in [6.45, 7) is 1.40. The zero-order chi connectivity index (χ0) is 12.8. The van der Waals surface area contributed by atoms with Crippen LogP contribution in [0.4, 0.5) is 0 Å². The third-order valence-corrected chi connectivity index (χ3v) is 2.03. The molecule has 90 valence electrons. The van der Waals surface area contributed by atoms with Crippen LogP contribution in [0.3, 0.4) is 0 Å². The number of ether oxygens (including phenoxy) is 1. The minimum atomic E-state index is -0.559. The van der Waals surface area contributed by atoms with E-state index in [1.807, 2.05) is 0 Å². The normalized spacial score (nSPS) is 9.71. The summed E-state index contributed by atoms with van der Waals surface area (Å²) in [5.74, 6) is -1.30. The number of benzene rings is 1. The van der Waals surface area contributed by atoms with Crippen LogP contribution in [-0.4, -0.2) is 17.7 Å². The molecule has 0 aromatic heterocycles. The smallest absolute Gasteiger partial charge is 0.313 e. The molecule has 1 aromatic rings. The first-order chi connectivity index (χ1) is 7.99. The van der Waals surface area contributed by atoms with Gasteiger partial charge in [-0.05, 0) is 24.6 Å². The van der Waals surface area contributed by atoms with Crippen molar-refractivity contribution in [3.63, 3.8) is 0 Å². The van der Waals surface area contributed by atoms with Crippen molar-refractivity contribution in [2.75, 3.05) is 0 Å². The molecule has 0 radical (unpaired) electrons. The van der Waals surface area contributed by atoms with Crippen molar-refractivity contribution < 1.29 is 19.1 Å². The predicted molar refractivity (Wildman–Crippen MR) is 60.1 cm³/mol. The van der Waals surface area contributed by atoms with Gasteiger partial charge in [-0.25, -0.2) is 0 Å². The zero-order valence-electron chi connectivity index (χ0n) is 9.43. The number of hydrogen-bond acceptors (Lipinski definition) is 4. The lowest BCUT2D eigenvalue weighted by Crippen LogP contribution is -2.11. The summed E-state index contributed by atoms with van der Waals surface area (Å²) in [4.78, 5) is 32.5. The molecule has 5 heteroatoms. The van der Waals surface area contributed by atoms with Gasteiger partial charge in [0.1, 0.15) is 18.8 Å². The average Bonchev–Trinajstić information content (AvgIpc) is 2.26. The van der Waals surface area contributed by atoms with Crippen molar-refractivity contribution >= 4 is 17.7 Å². The van der Waals surface area contributed by atoms with Gasteiger partial charge in [-0.3, -0.25) is 14.4 Å². The first kappa shape index (κ1) is 12.9. The van der Waals surface area contributed by atoms with Gasteiger partial charge in [0.05, 0.1) is 0 Å². The number of nitrogens with two attached hydrogens (primary N) is 1. The van der Waals surface area contributed by atoms with E-state index in [0.717, 1.165) is 5.56 Å². The number of amides is 1. The molecule has 2 N–H and O–H groups in total. The predicted octanol–water partition coefficient (Wildman–Crippen LogP) is 0.808. The second-order valence-electron chi connectivity index (χ2n) is 3.60. The van der Waals surface area contributed by atoms with E-state index in [1.165, 1.54) is 6.92 Å². The fourth-order valence-electron chi connectivity index (χ4n) is 1.18. The van der Waals surface area contributed by atoms with Crippen LogP contribution in [0.5, 0.6) is 0 Å². The number of esters is 1. The number of ketones is 1. The van der Waals surface area contributed by atoms with Crippen LogP contribution in [0.2, 0.25) is 0 Å². The number of Topliss-reactive ketones (excluding diaryl/α,β-unsaturated/α-hetero) is 1. The van der Waals surface area contributed by atoms with Gasteiger partial charge >= 0.3 is 5.97 Å². The molecule has 0 fully saturated rings. The first-order valence-electron chi connectivity index (χ1n) is 5.03. The molecule has 0 aliphatic carbocycles.